The average molecular weight is 305 g/mol. The zero-order valence-electron chi connectivity index (χ0n) is 11.1. The largest absolute Gasteiger partial charge is 0.310 e. The fraction of sp³-hybridized carbons (Fsp3) is 0.214. The summed E-state index contributed by atoms with van der Waals surface area (Å²) in [7, 11) is 0. The van der Waals surface area contributed by atoms with Crippen LogP contribution in [0.3, 0.4) is 0 Å². The molecule has 1 aliphatic rings. The molecular weight excluding hydrogens is 293 g/mol. The number of hydrogen-bond acceptors (Lipinski definition) is 4. The molecule has 3 rings (SSSR count). The molecule has 1 aliphatic heterocycles. The molecule has 0 aliphatic carbocycles. The Balaban J connectivity index is 2.18. The van der Waals surface area contributed by atoms with Gasteiger partial charge in [-0.05, 0) is 24.0 Å². The molecule has 1 atom stereocenters. The van der Waals surface area contributed by atoms with Gasteiger partial charge >= 0.3 is 0 Å². The number of carbonyl (C=O) groups is 1. The van der Waals surface area contributed by atoms with Crippen molar-refractivity contribution in [2.24, 2.45) is 0 Å². The molecule has 2 N–H and O–H groups in total. The van der Waals surface area contributed by atoms with E-state index in [9.17, 15) is 14.0 Å². The van der Waals surface area contributed by atoms with E-state index < -0.39 is 11.7 Å². The molecule has 7 heteroatoms. The number of carbonyl (C=O) groups excluding carboxylic acids is 1. The highest BCUT2D eigenvalue weighted by Gasteiger charge is 2.30. The Hall–Kier alpha value is -2.15. The third kappa shape index (κ3) is 2.56. The number of aromatic amines is 1. The lowest BCUT2D eigenvalue weighted by molar-refractivity contribution is -0.116. The molecule has 0 saturated heterocycles. The number of thioether (sulfide) groups is 1. The first kappa shape index (κ1) is 13.8. The van der Waals surface area contributed by atoms with Crippen LogP contribution in [-0.2, 0) is 4.79 Å². The van der Waals surface area contributed by atoms with E-state index in [2.05, 4.69) is 15.3 Å². The summed E-state index contributed by atoms with van der Waals surface area (Å²) < 4.78 is 13.4. The van der Waals surface area contributed by atoms with Crippen LogP contribution >= 0.6 is 11.8 Å². The highest BCUT2D eigenvalue weighted by atomic mass is 32.2. The zero-order chi connectivity index (χ0) is 15.0. The number of aromatic nitrogens is 2. The van der Waals surface area contributed by atoms with E-state index in [1.165, 1.54) is 23.9 Å². The highest BCUT2D eigenvalue weighted by Crippen LogP contribution is 2.34. The lowest BCUT2D eigenvalue weighted by atomic mass is 9.87. The van der Waals surface area contributed by atoms with Gasteiger partial charge in [0.05, 0.1) is 5.56 Å². The maximum Gasteiger partial charge on any atom is 0.257 e. The van der Waals surface area contributed by atoms with Crippen LogP contribution in [0.5, 0.6) is 0 Å². The van der Waals surface area contributed by atoms with Gasteiger partial charge in [0.2, 0.25) is 5.91 Å². The molecule has 2 heterocycles. The van der Waals surface area contributed by atoms with Gasteiger partial charge in [0.1, 0.15) is 11.6 Å². The van der Waals surface area contributed by atoms with E-state index in [1.807, 2.05) is 0 Å². The molecule has 0 radical (unpaired) electrons. The standard InChI is InChI=1S/C14H12FN3O2S/c1-21-14-17-12-11(13(20)18-14)9(6-10(19)16-12)7-3-2-4-8(15)5-7/h2-5,9H,6H2,1H3,(H2,16,17,18,19,20). The van der Waals surface area contributed by atoms with E-state index in [-0.39, 0.29) is 23.7 Å². The molecular formula is C14H12FN3O2S. The van der Waals surface area contributed by atoms with Crippen LogP contribution in [0.1, 0.15) is 23.5 Å². The molecule has 108 valence electrons. The Labute approximate surface area is 124 Å². The number of nitrogens with one attached hydrogen (secondary N) is 2. The van der Waals surface area contributed by atoms with Crippen LogP contribution in [0.4, 0.5) is 10.2 Å². The monoisotopic (exact) mass is 305 g/mol. The summed E-state index contributed by atoms with van der Waals surface area (Å²) in [5.41, 5.74) is 0.659. The summed E-state index contributed by atoms with van der Waals surface area (Å²) in [5.74, 6) is -0.864. The van der Waals surface area contributed by atoms with Crippen molar-refractivity contribution < 1.29 is 9.18 Å². The Morgan fingerprint density at radius 2 is 2.19 bits per heavy atom. The SMILES string of the molecule is CSc1nc2c(c(=O)[nH]1)C(c1cccc(F)c1)CC(=O)N2. The third-order valence-corrected chi connectivity index (χ3v) is 3.95. The van der Waals surface area contributed by atoms with Crippen LogP contribution < -0.4 is 10.9 Å². The van der Waals surface area contributed by atoms with Crippen LogP contribution in [0.25, 0.3) is 0 Å². The van der Waals surface area contributed by atoms with E-state index in [4.69, 9.17) is 0 Å². The minimum absolute atomic E-state index is 0.0971. The maximum atomic E-state index is 13.4. The maximum absolute atomic E-state index is 13.4. The molecule has 2 aromatic rings. The molecule has 5 nitrogen and oxygen atoms in total. The number of hydrogen-bond donors (Lipinski definition) is 2. The molecule has 1 amide bonds. The van der Waals surface area contributed by atoms with E-state index in [0.717, 1.165) is 0 Å². The fourth-order valence-electron chi connectivity index (χ4n) is 2.46. The molecule has 1 aromatic heterocycles. The predicted octanol–water partition coefficient (Wildman–Crippen LogP) is 2.10. The molecule has 0 spiro atoms. The Bertz CT molecular complexity index is 775. The summed E-state index contributed by atoms with van der Waals surface area (Å²) in [6, 6.07) is 5.94. The Morgan fingerprint density at radius 1 is 1.38 bits per heavy atom. The van der Waals surface area contributed by atoms with Gasteiger partial charge in [-0.15, -0.1) is 0 Å². The van der Waals surface area contributed by atoms with Gasteiger partial charge in [0, 0.05) is 12.3 Å². The second-order valence-corrected chi connectivity index (χ2v) is 5.49. The normalized spacial score (nSPS) is 17.2. The first-order chi connectivity index (χ1) is 10.1. The van der Waals surface area contributed by atoms with Gasteiger partial charge in [0.25, 0.3) is 5.56 Å². The van der Waals surface area contributed by atoms with E-state index in [0.29, 0.717) is 16.3 Å². The fourth-order valence-corrected chi connectivity index (χ4v) is 2.83. The van der Waals surface area contributed by atoms with Gasteiger partial charge in [-0.2, -0.15) is 0 Å². The number of fused-ring (bicyclic) bond motifs is 1. The number of amides is 1. The van der Waals surface area contributed by atoms with Crippen LogP contribution in [0, 0.1) is 5.82 Å². The number of nitrogens with zero attached hydrogens (tertiary/aromatic N) is 1. The number of H-pyrrole nitrogens is 1. The summed E-state index contributed by atoms with van der Waals surface area (Å²) in [6.07, 6.45) is 1.87. The number of benzene rings is 1. The van der Waals surface area contributed by atoms with Crippen LogP contribution in [0.2, 0.25) is 0 Å². The van der Waals surface area contributed by atoms with Crippen LogP contribution in [-0.4, -0.2) is 22.1 Å². The molecule has 0 saturated carbocycles. The second-order valence-electron chi connectivity index (χ2n) is 4.70. The van der Waals surface area contributed by atoms with Crippen molar-refractivity contribution in [1.82, 2.24) is 9.97 Å². The van der Waals surface area contributed by atoms with Crippen molar-refractivity contribution in [2.75, 3.05) is 11.6 Å². The van der Waals surface area contributed by atoms with Crippen molar-refractivity contribution in [2.45, 2.75) is 17.5 Å². The van der Waals surface area contributed by atoms with E-state index in [1.54, 1.807) is 18.4 Å². The molecule has 21 heavy (non-hydrogen) atoms. The smallest absolute Gasteiger partial charge is 0.257 e. The predicted molar refractivity (Wildman–Crippen MR) is 78.1 cm³/mol. The van der Waals surface area contributed by atoms with Crippen molar-refractivity contribution in [3.8, 4) is 0 Å². The van der Waals surface area contributed by atoms with Gasteiger partial charge < -0.3 is 10.3 Å². The molecule has 0 fully saturated rings. The zero-order valence-corrected chi connectivity index (χ0v) is 12.0. The molecule has 1 unspecified atom stereocenters. The Morgan fingerprint density at radius 3 is 2.90 bits per heavy atom. The van der Waals surface area contributed by atoms with Crippen molar-refractivity contribution in [3.05, 3.63) is 51.6 Å². The summed E-state index contributed by atoms with van der Waals surface area (Å²) in [6.45, 7) is 0. The number of anilines is 1. The Kier molecular flexibility index (Phi) is 3.50. The van der Waals surface area contributed by atoms with Gasteiger partial charge in [-0.1, -0.05) is 23.9 Å². The molecule has 0 bridgehead atoms. The summed E-state index contributed by atoms with van der Waals surface area (Å²) >= 11 is 1.28. The second kappa shape index (κ2) is 5.33. The van der Waals surface area contributed by atoms with Crippen molar-refractivity contribution >= 4 is 23.5 Å². The minimum Gasteiger partial charge on any atom is -0.310 e. The lowest BCUT2D eigenvalue weighted by Crippen LogP contribution is -2.31. The quantitative estimate of drug-likeness (QED) is 0.658. The average Bonchev–Trinajstić information content (AvgIpc) is 2.45. The van der Waals surface area contributed by atoms with Gasteiger partial charge in [-0.3, -0.25) is 9.59 Å². The number of rotatable bonds is 2. The third-order valence-electron chi connectivity index (χ3n) is 3.37. The summed E-state index contributed by atoms with van der Waals surface area (Å²) in [5, 5.41) is 3.04. The minimum atomic E-state index is -0.489. The lowest BCUT2D eigenvalue weighted by Gasteiger charge is -2.24. The van der Waals surface area contributed by atoms with Crippen LogP contribution in [0.15, 0.2) is 34.2 Å². The van der Waals surface area contributed by atoms with Crippen molar-refractivity contribution in [1.29, 1.82) is 0 Å². The molecule has 1 aromatic carbocycles. The first-order valence-corrected chi connectivity index (χ1v) is 7.54. The summed E-state index contributed by atoms with van der Waals surface area (Å²) in [4.78, 5) is 31.0. The van der Waals surface area contributed by atoms with Crippen molar-refractivity contribution in [3.63, 3.8) is 0 Å². The highest BCUT2D eigenvalue weighted by molar-refractivity contribution is 7.98. The topological polar surface area (TPSA) is 74.8 Å². The van der Waals surface area contributed by atoms with E-state index >= 15 is 0 Å². The first-order valence-electron chi connectivity index (χ1n) is 6.32. The van der Waals surface area contributed by atoms with Gasteiger partial charge in [0.15, 0.2) is 5.16 Å². The number of halogens is 1. The van der Waals surface area contributed by atoms with Gasteiger partial charge in [-0.25, -0.2) is 9.37 Å².